The lowest BCUT2D eigenvalue weighted by Crippen LogP contribution is -2.63. The molecule has 2 aliphatic heterocycles. The van der Waals surface area contributed by atoms with Gasteiger partial charge in [-0.15, -0.1) is 0 Å². The highest BCUT2D eigenvalue weighted by molar-refractivity contribution is 5.91. The monoisotopic (exact) mass is 764 g/mol. The summed E-state index contributed by atoms with van der Waals surface area (Å²) >= 11 is 0. The van der Waals surface area contributed by atoms with Crippen molar-refractivity contribution in [2.45, 2.75) is 109 Å². The van der Waals surface area contributed by atoms with Gasteiger partial charge in [-0.1, -0.05) is 68.8 Å². The number of carbonyl (C=O) groups excluding carboxylic acids is 3. The molecule has 0 aliphatic carbocycles. The number of aliphatic hydroxyl groups excluding tert-OH is 3. The highest BCUT2D eigenvalue weighted by Gasteiger charge is 2.47. The summed E-state index contributed by atoms with van der Waals surface area (Å²) < 4.78 is 24.5. The number of allylic oxidation sites excluding steroid dienone is 3. The number of para-hydroxylation sites is 1. The normalized spacial score (nSPS) is 34.7. The van der Waals surface area contributed by atoms with E-state index < -0.39 is 72.7 Å². The molecule has 1 aromatic carbocycles. The van der Waals surface area contributed by atoms with Crippen molar-refractivity contribution in [3.8, 4) is 0 Å². The summed E-state index contributed by atoms with van der Waals surface area (Å²) in [6.07, 6.45) is 4.92. The number of hydrogen-bond donors (Lipinski definition) is 3. The van der Waals surface area contributed by atoms with Crippen LogP contribution in [-0.2, 0) is 33.3 Å². The largest absolute Gasteiger partial charge is 0.462 e. The lowest BCUT2D eigenvalue weighted by Gasteiger charge is -2.46. The van der Waals surface area contributed by atoms with E-state index in [2.05, 4.69) is 11.1 Å². The van der Waals surface area contributed by atoms with Crippen LogP contribution in [0.25, 0.3) is 17.0 Å². The summed E-state index contributed by atoms with van der Waals surface area (Å²) in [5.41, 5.74) is 2.64. The Morgan fingerprint density at radius 3 is 2.51 bits per heavy atom. The second-order valence-electron chi connectivity index (χ2n) is 15.3. The average molecular weight is 765 g/mol. The number of ketones is 1. The van der Waals surface area contributed by atoms with Crippen LogP contribution in [0.5, 0.6) is 0 Å². The van der Waals surface area contributed by atoms with Crippen molar-refractivity contribution in [1.29, 1.82) is 0 Å². The van der Waals surface area contributed by atoms with Gasteiger partial charge in [0.25, 0.3) is 0 Å². The predicted octanol–water partition coefficient (Wildman–Crippen LogP) is 4.69. The van der Waals surface area contributed by atoms with Crippen LogP contribution in [0.15, 0.2) is 66.4 Å². The minimum Gasteiger partial charge on any atom is -0.462 e. The third-order valence-corrected chi connectivity index (χ3v) is 10.8. The summed E-state index contributed by atoms with van der Waals surface area (Å²) in [7, 11) is 3.46. The molecule has 2 aliphatic rings. The number of hydrogen-bond acceptors (Lipinski definition) is 12. The first kappa shape index (κ1) is 44.1. The molecule has 12 nitrogen and oxygen atoms in total. The molecule has 2 aromatic rings. The van der Waals surface area contributed by atoms with E-state index >= 15 is 0 Å². The fourth-order valence-electron chi connectivity index (χ4n) is 7.55. The molecule has 0 amide bonds. The highest BCUT2D eigenvalue weighted by atomic mass is 16.7. The van der Waals surface area contributed by atoms with Gasteiger partial charge < -0.3 is 44.0 Å². The van der Waals surface area contributed by atoms with Gasteiger partial charge in [-0.05, 0) is 70.5 Å². The number of aldehydes is 1. The number of cyclic esters (lactones) is 1. The van der Waals surface area contributed by atoms with Gasteiger partial charge in [0.15, 0.2) is 12.1 Å². The van der Waals surface area contributed by atoms with E-state index in [4.69, 9.17) is 18.9 Å². The molecule has 3 N–H and O–H groups in total. The van der Waals surface area contributed by atoms with E-state index in [1.165, 1.54) is 6.08 Å². The molecule has 1 fully saturated rings. The molecule has 1 saturated heterocycles. The minimum atomic E-state index is -1.28. The SMILES string of the molecule is CC[C@H]1OC(=O)C[C@@H](O)[C@H](C)[C@@H](O[C@@H]2O[C@H](C)[C@@H](O)[C@H](N(C)C)[C@H]2O)[C@@H](CC=O)C[C@@H](C)C(=O)/C=C/C(C)=C/[C@@H]1COC/C=C/c1cnc2ccccc2c1. The predicted molar refractivity (Wildman–Crippen MR) is 210 cm³/mol. The third kappa shape index (κ3) is 12.2. The van der Waals surface area contributed by atoms with Crippen molar-refractivity contribution in [3.05, 3.63) is 72.0 Å². The quantitative estimate of drug-likeness (QED) is 0.165. The van der Waals surface area contributed by atoms with Crippen LogP contribution in [0.3, 0.4) is 0 Å². The van der Waals surface area contributed by atoms with Crippen LogP contribution >= 0.6 is 0 Å². The van der Waals surface area contributed by atoms with E-state index in [1.807, 2.05) is 56.3 Å². The summed E-state index contributed by atoms with van der Waals surface area (Å²) in [6.45, 7) is 9.46. The number of aliphatic hydroxyl groups is 3. The van der Waals surface area contributed by atoms with E-state index in [-0.39, 0.29) is 37.6 Å². The van der Waals surface area contributed by atoms with Gasteiger partial charge in [-0.3, -0.25) is 14.6 Å². The number of rotatable bonds is 11. The zero-order valence-corrected chi connectivity index (χ0v) is 33.2. The molecule has 12 heteroatoms. The van der Waals surface area contributed by atoms with E-state index in [1.54, 1.807) is 52.0 Å². The Labute approximate surface area is 325 Å². The zero-order valence-electron chi connectivity index (χ0n) is 33.2. The van der Waals surface area contributed by atoms with Gasteiger partial charge in [0.1, 0.15) is 18.5 Å². The Morgan fingerprint density at radius 2 is 1.80 bits per heavy atom. The number of benzene rings is 1. The second kappa shape index (κ2) is 21.1. The number of ether oxygens (including phenoxy) is 4. The number of fused-ring (bicyclic) bond motifs is 1. The Balaban J connectivity index is 1.56. The molecule has 12 atom stereocenters. The van der Waals surface area contributed by atoms with Crippen LogP contribution in [-0.4, -0.2) is 120 Å². The molecule has 0 unspecified atom stereocenters. The molecule has 0 spiro atoms. The van der Waals surface area contributed by atoms with Gasteiger partial charge in [0, 0.05) is 35.8 Å². The number of carbonyl (C=O) groups is 3. The Bertz CT molecular complexity index is 1660. The summed E-state index contributed by atoms with van der Waals surface area (Å²) in [6, 6.07) is 9.23. The first-order valence-corrected chi connectivity index (χ1v) is 19.4. The van der Waals surface area contributed by atoms with E-state index in [0.717, 1.165) is 28.3 Å². The number of esters is 1. The standard InChI is InChI=1S/C43H60N2O10/c1-8-37-33(25-52-19-11-12-30-22-31-13-9-10-14-34(31)44-24-30)20-26(2)15-16-35(47)27(3)21-32(17-18-46)42(28(4)36(48)23-38(49)54-37)55-43-41(51)39(45(6)7)40(50)29(5)53-43/h9-16,18,20,22,24,27-29,32-33,36-37,39-43,48,50-51H,8,17,19,21,23,25H2,1-7H3/b12-11+,16-15+,26-20+/t27-,28+,29-,32+,33-,36-,37-,39+,40-,41-,42-,43+/m1/s1. The molecule has 0 bridgehead atoms. The van der Waals surface area contributed by atoms with Gasteiger partial charge in [0.2, 0.25) is 0 Å². The maximum atomic E-state index is 13.5. The molecule has 0 saturated carbocycles. The van der Waals surface area contributed by atoms with Crippen LogP contribution in [0, 0.1) is 23.7 Å². The lowest BCUT2D eigenvalue weighted by molar-refractivity contribution is -0.304. The minimum absolute atomic E-state index is 0.00152. The topological polar surface area (TPSA) is 165 Å². The van der Waals surface area contributed by atoms with E-state index in [9.17, 15) is 29.7 Å². The maximum Gasteiger partial charge on any atom is 0.308 e. The Morgan fingerprint density at radius 1 is 1.05 bits per heavy atom. The molecule has 55 heavy (non-hydrogen) atoms. The van der Waals surface area contributed by atoms with Crippen LogP contribution in [0.2, 0.25) is 0 Å². The molecule has 302 valence electrons. The molecular formula is C43H60N2O10. The van der Waals surface area contributed by atoms with Crippen molar-refractivity contribution in [3.63, 3.8) is 0 Å². The summed E-state index contributed by atoms with van der Waals surface area (Å²) in [5, 5.41) is 34.6. The van der Waals surface area contributed by atoms with Crippen LogP contribution < -0.4 is 0 Å². The number of nitrogens with zero attached hydrogens (tertiary/aromatic N) is 2. The van der Waals surface area contributed by atoms with Crippen LogP contribution in [0.1, 0.15) is 65.9 Å². The average Bonchev–Trinajstić information content (AvgIpc) is 3.15. The van der Waals surface area contributed by atoms with Crippen LogP contribution in [0.4, 0.5) is 0 Å². The van der Waals surface area contributed by atoms with Gasteiger partial charge in [-0.25, -0.2) is 0 Å². The Kier molecular flexibility index (Phi) is 16.9. The maximum absolute atomic E-state index is 13.5. The molecule has 1 aromatic heterocycles. The number of likely N-dealkylation sites (N-methyl/N-ethyl adjacent to an activating group) is 1. The fourth-order valence-corrected chi connectivity index (χ4v) is 7.55. The first-order valence-electron chi connectivity index (χ1n) is 19.4. The summed E-state index contributed by atoms with van der Waals surface area (Å²) in [5.74, 6) is -2.99. The van der Waals surface area contributed by atoms with Crippen molar-refractivity contribution in [1.82, 2.24) is 9.88 Å². The number of pyridine rings is 1. The fraction of sp³-hybridized carbons (Fsp3) is 0.581. The summed E-state index contributed by atoms with van der Waals surface area (Å²) in [4.78, 5) is 45.2. The van der Waals surface area contributed by atoms with Gasteiger partial charge in [0.05, 0.1) is 55.6 Å². The zero-order chi connectivity index (χ0) is 40.2. The second-order valence-corrected chi connectivity index (χ2v) is 15.3. The van der Waals surface area contributed by atoms with Crippen molar-refractivity contribution < 1.29 is 48.7 Å². The Hall–Kier alpha value is -3.62. The molecule has 3 heterocycles. The number of aromatic nitrogens is 1. The highest BCUT2D eigenvalue weighted by Crippen LogP contribution is 2.34. The van der Waals surface area contributed by atoms with Gasteiger partial charge >= 0.3 is 5.97 Å². The molecule has 4 rings (SSSR count). The van der Waals surface area contributed by atoms with E-state index in [0.29, 0.717) is 13.0 Å². The third-order valence-electron chi connectivity index (χ3n) is 10.8. The molecular weight excluding hydrogens is 704 g/mol. The van der Waals surface area contributed by atoms with Crippen molar-refractivity contribution in [2.24, 2.45) is 23.7 Å². The lowest BCUT2D eigenvalue weighted by atomic mass is 9.79. The smallest absolute Gasteiger partial charge is 0.308 e. The van der Waals surface area contributed by atoms with Crippen molar-refractivity contribution >= 4 is 35.0 Å². The first-order chi connectivity index (χ1) is 26.2. The van der Waals surface area contributed by atoms with Gasteiger partial charge in [-0.2, -0.15) is 0 Å². The molecule has 0 radical (unpaired) electrons. The van der Waals surface area contributed by atoms with Crippen molar-refractivity contribution in [2.75, 3.05) is 27.3 Å².